The lowest BCUT2D eigenvalue weighted by molar-refractivity contribution is 0.180. The van der Waals surface area contributed by atoms with Crippen molar-refractivity contribution >= 4 is 20.8 Å². The van der Waals surface area contributed by atoms with Crippen molar-refractivity contribution in [3.63, 3.8) is 0 Å². The molecule has 37 heavy (non-hydrogen) atoms. The molecule has 0 aromatic heterocycles. The van der Waals surface area contributed by atoms with Crippen LogP contribution in [0.4, 0.5) is 0 Å². The maximum absolute atomic E-state index is 14.0. The largest absolute Gasteiger partial charge is 0.303 e. The van der Waals surface area contributed by atoms with E-state index in [2.05, 4.69) is 59.5 Å². The fourth-order valence-corrected chi connectivity index (χ4v) is 8.09. The minimum Gasteiger partial charge on any atom is -0.303 e. The predicted molar refractivity (Wildman–Crippen MR) is 150 cm³/mol. The van der Waals surface area contributed by atoms with Crippen LogP contribution in [0.1, 0.15) is 35.8 Å². The van der Waals surface area contributed by atoms with Crippen molar-refractivity contribution in [3.8, 4) is 0 Å². The highest BCUT2D eigenvalue weighted by molar-refractivity contribution is 7.89. The summed E-state index contributed by atoms with van der Waals surface area (Å²) in [5.74, 6) is 1.08. The van der Waals surface area contributed by atoms with Gasteiger partial charge in [-0.15, -0.1) is 0 Å². The van der Waals surface area contributed by atoms with E-state index in [4.69, 9.17) is 0 Å². The van der Waals surface area contributed by atoms with Gasteiger partial charge >= 0.3 is 0 Å². The Kier molecular flexibility index (Phi) is 6.85. The van der Waals surface area contributed by atoms with Crippen LogP contribution in [0.5, 0.6) is 0 Å². The van der Waals surface area contributed by atoms with Gasteiger partial charge in [-0.2, -0.15) is 4.31 Å². The van der Waals surface area contributed by atoms with Gasteiger partial charge in [-0.05, 0) is 60.3 Å². The minimum absolute atomic E-state index is 0.192. The molecule has 2 aliphatic heterocycles. The molecule has 0 amide bonds. The Bertz CT molecular complexity index is 1440. The first-order valence-electron chi connectivity index (χ1n) is 13.4. The topological polar surface area (TPSA) is 40.6 Å². The van der Waals surface area contributed by atoms with E-state index in [1.165, 1.54) is 11.1 Å². The van der Waals surface area contributed by atoms with Crippen molar-refractivity contribution in [2.24, 2.45) is 5.92 Å². The Hall–Kier alpha value is -2.99. The molecule has 4 aromatic carbocycles. The van der Waals surface area contributed by atoms with Crippen LogP contribution >= 0.6 is 0 Å². The van der Waals surface area contributed by atoms with Gasteiger partial charge in [0.2, 0.25) is 10.0 Å². The second-order valence-corrected chi connectivity index (χ2v) is 12.5. The lowest BCUT2D eigenvalue weighted by Crippen LogP contribution is -2.38. The summed E-state index contributed by atoms with van der Waals surface area (Å²) in [5.41, 5.74) is 2.68. The molecule has 190 valence electrons. The summed E-state index contributed by atoms with van der Waals surface area (Å²) in [4.78, 5) is 2.98. The first-order chi connectivity index (χ1) is 18.1. The summed E-state index contributed by atoms with van der Waals surface area (Å²) in [6.07, 6.45) is 2.31. The molecule has 0 radical (unpaired) electrons. The number of hydrogen-bond acceptors (Lipinski definition) is 3. The molecular weight excluding hydrogens is 476 g/mol. The average molecular weight is 511 g/mol. The van der Waals surface area contributed by atoms with E-state index in [0.717, 1.165) is 43.2 Å². The fourth-order valence-electron chi connectivity index (χ4n) is 6.36. The van der Waals surface area contributed by atoms with Crippen LogP contribution in [0, 0.1) is 5.92 Å². The third-order valence-electron chi connectivity index (χ3n) is 8.35. The van der Waals surface area contributed by atoms with Gasteiger partial charge in [-0.25, -0.2) is 8.42 Å². The molecule has 0 aliphatic carbocycles. The molecule has 0 N–H and O–H groups in total. The first-order valence-corrected chi connectivity index (χ1v) is 14.8. The highest BCUT2D eigenvalue weighted by atomic mass is 32.2. The van der Waals surface area contributed by atoms with Crippen LogP contribution in [0.15, 0.2) is 108 Å². The molecule has 4 aromatic rings. The molecule has 0 bridgehead atoms. The summed E-state index contributed by atoms with van der Waals surface area (Å²) >= 11 is 0. The Morgan fingerprint density at radius 3 is 2.03 bits per heavy atom. The number of sulfonamides is 1. The van der Waals surface area contributed by atoms with Crippen molar-refractivity contribution in [1.82, 2.24) is 9.21 Å². The van der Waals surface area contributed by atoms with Gasteiger partial charge in [0, 0.05) is 30.9 Å². The van der Waals surface area contributed by atoms with Gasteiger partial charge in [0.1, 0.15) is 0 Å². The number of likely N-dealkylation sites (tertiary alicyclic amines) is 1. The summed E-state index contributed by atoms with van der Waals surface area (Å²) in [7, 11) is -3.61. The maximum Gasteiger partial charge on any atom is 0.243 e. The van der Waals surface area contributed by atoms with Crippen molar-refractivity contribution in [3.05, 3.63) is 114 Å². The number of hydrogen-bond donors (Lipinski definition) is 0. The summed E-state index contributed by atoms with van der Waals surface area (Å²) in [5, 5.41) is 1.76. The molecule has 2 fully saturated rings. The van der Waals surface area contributed by atoms with Gasteiger partial charge in [0.25, 0.3) is 0 Å². The van der Waals surface area contributed by atoms with Crippen molar-refractivity contribution in [1.29, 1.82) is 0 Å². The third kappa shape index (κ3) is 4.96. The van der Waals surface area contributed by atoms with E-state index in [1.54, 1.807) is 10.4 Å². The van der Waals surface area contributed by atoms with Crippen LogP contribution in [-0.4, -0.2) is 50.3 Å². The Morgan fingerprint density at radius 2 is 1.30 bits per heavy atom. The van der Waals surface area contributed by atoms with Gasteiger partial charge < -0.3 is 4.90 Å². The van der Waals surface area contributed by atoms with Crippen LogP contribution in [0.2, 0.25) is 0 Å². The quantitative estimate of drug-likeness (QED) is 0.314. The van der Waals surface area contributed by atoms with Gasteiger partial charge in [-0.1, -0.05) is 97.1 Å². The van der Waals surface area contributed by atoms with Crippen molar-refractivity contribution < 1.29 is 8.42 Å². The van der Waals surface area contributed by atoms with E-state index in [0.29, 0.717) is 23.9 Å². The average Bonchev–Trinajstić information content (AvgIpc) is 3.39. The molecule has 2 unspecified atom stereocenters. The van der Waals surface area contributed by atoms with E-state index in [9.17, 15) is 8.42 Å². The third-order valence-corrected chi connectivity index (χ3v) is 10.2. The summed E-state index contributed by atoms with van der Waals surface area (Å²) in [6.45, 7) is 4.15. The number of nitrogens with zero attached hydrogens (tertiary/aromatic N) is 2. The van der Waals surface area contributed by atoms with Crippen molar-refractivity contribution in [2.75, 3.05) is 32.7 Å². The minimum atomic E-state index is -3.61. The van der Waals surface area contributed by atoms with Crippen LogP contribution in [0.3, 0.4) is 0 Å². The predicted octanol–water partition coefficient (Wildman–Crippen LogP) is 6.12. The zero-order valence-corrected chi connectivity index (χ0v) is 21.9. The molecule has 6 rings (SSSR count). The molecule has 4 nitrogen and oxygen atoms in total. The van der Waals surface area contributed by atoms with Gasteiger partial charge in [-0.3, -0.25) is 0 Å². The molecule has 2 heterocycles. The molecule has 5 heteroatoms. The smallest absolute Gasteiger partial charge is 0.243 e. The standard InChI is InChI=1S/C32H34N2O2S/c35-37(36,32-17-9-15-27-14-7-8-16-30(27)32)34-23-29(31(24-34)28-12-5-2-6-13-28)22-33-20-18-26(19-21-33)25-10-3-1-4-11-25/h1-17,26,29,31H,18-24H2. The number of piperidine rings is 1. The molecule has 2 saturated heterocycles. The zero-order chi connectivity index (χ0) is 25.2. The molecule has 2 aliphatic rings. The van der Waals surface area contributed by atoms with E-state index in [-0.39, 0.29) is 11.8 Å². The molecular formula is C32H34N2O2S. The van der Waals surface area contributed by atoms with Gasteiger partial charge in [0.15, 0.2) is 0 Å². The SMILES string of the molecule is O=S(=O)(c1cccc2ccccc12)N1CC(CN2CCC(c3ccccc3)CC2)C(c2ccccc2)C1. The monoisotopic (exact) mass is 510 g/mol. The van der Waals surface area contributed by atoms with Gasteiger partial charge in [0.05, 0.1) is 4.90 Å². The molecule has 0 spiro atoms. The summed E-state index contributed by atoms with van der Waals surface area (Å²) in [6, 6.07) is 34.7. The van der Waals surface area contributed by atoms with E-state index in [1.807, 2.05) is 42.5 Å². The number of rotatable bonds is 6. The Labute approximate surface area is 220 Å². The number of fused-ring (bicyclic) bond motifs is 1. The van der Waals surface area contributed by atoms with E-state index < -0.39 is 10.0 Å². The second kappa shape index (κ2) is 10.4. The van der Waals surface area contributed by atoms with Crippen molar-refractivity contribution in [2.45, 2.75) is 29.6 Å². The second-order valence-electron chi connectivity index (χ2n) is 10.6. The highest BCUT2D eigenvalue weighted by Crippen LogP contribution is 2.38. The Balaban J connectivity index is 1.23. The lowest BCUT2D eigenvalue weighted by atomic mass is 9.86. The maximum atomic E-state index is 14.0. The van der Waals surface area contributed by atoms with Crippen LogP contribution < -0.4 is 0 Å². The fraction of sp³-hybridized carbons (Fsp3) is 0.312. The first kappa shape index (κ1) is 24.4. The lowest BCUT2D eigenvalue weighted by Gasteiger charge is -2.35. The molecule has 2 atom stereocenters. The number of benzene rings is 4. The highest BCUT2D eigenvalue weighted by Gasteiger charge is 2.41. The normalized spacial score (nSPS) is 21.9. The molecule has 0 saturated carbocycles. The van der Waals surface area contributed by atoms with Crippen LogP contribution in [-0.2, 0) is 10.0 Å². The van der Waals surface area contributed by atoms with Crippen LogP contribution in [0.25, 0.3) is 10.8 Å². The van der Waals surface area contributed by atoms with E-state index >= 15 is 0 Å². The summed E-state index contributed by atoms with van der Waals surface area (Å²) < 4.78 is 29.7. The Morgan fingerprint density at radius 1 is 0.676 bits per heavy atom. The zero-order valence-electron chi connectivity index (χ0n) is 21.1.